The quantitative estimate of drug-likeness (QED) is 0.316. The van der Waals surface area contributed by atoms with Gasteiger partial charge in [-0.1, -0.05) is 13.0 Å². The number of nitrogens with zero attached hydrogens (tertiary/aromatic N) is 6. The van der Waals surface area contributed by atoms with E-state index in [0.717, 1.165) is 34.2 Å². The highest BCUT2D eigenvalue weighted by Crippen LogP contribution is 2.31. The lowest BCUT2D eigenvalue weighted by molar-refractivity contribution is -0.116. The van der Waals surface area contributed by atoms with Crippen molar-refractivity contribution in [3.8, 4) is 33.9 Å². The number of nitrogens with one attached hydrogen (secondary N) is 3. The summed E-state index contributed by atoms with van der Waals surface area (Å²) < 4.78 is 0. The number of amides is 1. The molecule has 0 aliphatic carbocycles. The SMILES string of the molecule is CCCC(=O)Nc1cncc(-c2cnc3[nH]nc(-c4nc5c(-c6ccccn6)ccnc5[nH]4)c3c2)c1. The number of hydrogen-bond donors (Lipinski definition) is 3. The number of anilines is 1. The van der Waals surface area contributed by atoms with Crippen LogP contribution in [0.3, 0.4) is 0 Å². The molecule has 0 aromatic carbocycles. The molecule has 0 fully saturated rings. The highest BCUT2D eigenvalue weighted by molar-refractivity contribution is 5.96. The van der Waals surface area contributed by atoms with E-state index in [0.29, 0.717) is 40.4 Å². The molecule has 0 aliphatic rings. The van der Waals surface area contributed by atoms with Crippen LogP contribution in [0.25, 0.3) is 56.1 Å². The average Bonchev–Trinajstić information content (AvgIpc) is 3.53. The maximum atomic E-state index is 12.0. The van der Waals surface area contributed by atoms with E-state index in [1.54, 1.807) is 31.0 Å². The monoisotopic (exact) mass is 475 g/mol. The fraction of sp³-hybridized carbons (Fsp3) is 0.115. The molecule has 0 unspecified atom stereocenters. The summed E-state index contributed by atoms with van der Waals surface area (Å²) in [6.45, 7) is 1.97. The summed E-state index contributed by atoms with van der Waals surface area (Å²) in [5, 5.41) is 11.1. The third-order valence-corrected chi connectivity index (χ3v) is 5.80. The Morgan fingerprint density at radius 2 is 1.89 bits per heavy atom. The summed E-state index contributed by atoms with van der Waals surface area (Å²) in [4.78, 5) is 37.8. The predicted molar refractivity (Wildman–Crippen MR) is 137 cm³/mol. The summed E-state index contributed by atoms with van der Waals surface area (Å²) >= 11 is 0. The van der Waals surface area contributed by atoms with Crippen LogP contribution >= 0.6 is 0 Å². The summed E-state index contributed by atoms with van der Waals surface area (Å²) in [5.74, 6) is 0.538. The van der Waals surface area contributed by atoms with Gasteiger partial charge in [-0.15, -0.1) is 0 Å². The topological polar surface area (TPSA) is 138 Å². The molecule has 0 saturated carbocycles. The average molecular weight is 476 g/mol. The van der Waals surface area contributed by atoms with Crippen LogP contribution in [0.4, 0.5) is 5.69 Å². The van der Waals surface area contributed by atoms with Gasteiger partial charge in [0.05, 0.1) is 23.0 Å². The molecule has 6 heterocycles. The van der Waals surface area contributed by atoms with Crippen molar-refractivity contribution in [2.75, 3.05) is 5.32 Å². The van der Waals surface area contributed by atoms with Gasteiger partial charge < -0.3 is 10.3 Å². The molecule has 10 nitrogen and oxygen atoms in total. The Hall–Kier alpha value is -4.99. The van der Waals surface area contributed by atoms with E-state index >= 15 is 0 Å². The molecule has 10 heteroatoms. The number of rotatable bonds is 6. The molecule has 6 rings (SSSR count). The van der Waals surface area contributed by atoms with Crippen molar-refractivity contribution in [1.29, 1.82) is 0 Å². The Labute approximate surface area is 205 Å². The minimum atomic E-state index is -0.0364. The largest absolute Gasteiger partial charge is 0.325 e. The van der Waals surface area contributed by atoms with Crippen LogP contribution in [-0.4, -0.2) is 46.0 Å². The first-order valence-electron chi connectivity index (χ1n) is 11.6. The van der Waals surface area contributed by atoms with Gasteiger partial charge in [-0.2, -0.15) is 5.10 Å². The summed E-state index contributed by atoms with van der Waals surface area (Å²) in [6, 6.07) is 11.5. The van der Waals surface area contributed by atoms with E-state index in [-0.39, 0.29) is 5.91 Å². The third-order valence-electron chi connectivity index (χ3n) is 5.80. The maximum absolute atomic E-state index is 12.0. The Morgan fingerprint density at radius 3 is 2.75 bits per heavy atom. The van der Waals surface area contributed by atoms with Crippen molar-refractivity contribution in [3.63, 3.8) is 0 Å². The lowest BCUT2D eigenvalue weighted by Gasteiger charge is -2.07. The molecule has 0 bridgehead atoms. The minimum absolute atomic E-state index is 0.0364. The van der Waals surface area contributed by atoms with Crippen molar-refractivity contribution in [1.82, 2.24) is 40.1 Å². The van der Waals surface area contributed by atoms with Crippen molar-refractivity contribution >= 4 is 33.8 Å². The first-order valence-corrected chi connectivity index (χ1v) is 11.6. The Balaban J connectivity index is 1.40. The molecule has 1 amide bonds. The number of carbonyl (C=O) groups is 1. The zero-order valence-electron chi connectivity index (χ0n) is 19.4. The predicted octanol–water partition coefficient (Wildman–Crippen LogP) is 4.76. The molecule has 6 aromatic heterocycles. The molecule has 0 radical (unpaired) electrons. The van der Waals surface area contributed by atoms with E-state index in [9.17, 15) is 4.79 Å². The van der Waals surface area contributed by atoms with Crippen molar-refractivity contribution in [2.45, 2.75) is 19.8 Å². The molecular formula is C26H21N9O. The second-order valence-corrected chi connectivity index (χ2v) is 8.31. The molecule has 3 N–H and O–H groups in total. The van der Waals surface area contributed by atoms with Crippen molar-refractivity contribution in [3.05, 3.63) is 67.4 Å². The van der Waals surface area contributed by atoms with E-state index < -0.39 is 0 Å². The molecule has 36 heavy (non-hydrogen) atoms. The first-order chi connectivity index (χ1) is 17.7. The maximum Gasteiger partial charge on any atom is 0.224 e. The first kappa shape index (κ1) is 21.5. The van der Waals surface area contributed by atoms with Gasteiger partial charge in [0.1, 0.15) is 11.2 Å². The number of imidazole rings is 1. The van der Waals surface area contributed by atoms with Crippen LogP contribution in [0.1, 0.15) is 19.8 Å². The van der Waals surface area contributed by atoms with Crippen LogP contribution in [0.2, 0.25) is 0 Å². The second kappa shape index (κ2) is 8.99. The Kier molecular flexibility index (Phi) is 5.38. The van der Waals surface area contributed by atoms with Crippen LogP contribution in [-0.2, 0) is 4.79 Å². The van der Waals surface area contributed by atoms with Crippen molar-refractivity contribution < 1.29 is 4.79 Å². The summed E-state index contributed by atoms with van der Waals surface area (Å²) in [7, 11) is 0. The zero-order chi connectivity index (χ0) is 24.5. The minimum Gasteiger partial charge on any atom is -0.325 e. The summed E-state index contributed by atoms with van der Waals surface area (Å²) in [5.41, 5.74) is 6.63. The van der Waals surface area contributed by atoms with Gasteiger partial charge in [0, 0.05) is 47.9 Å². The van der Waals surface area contributed by atoms with Gasteiger partial charge in [0.15, 0.2) is 17.1 Å². The van der Waals surface area contributed by atoms with Gasteiger partial charge in [-0.05, 0) is 36.8 Å². The smallest absolute Gasteiger partial charge is 0.224 e. The number of aromatic amines is 2. The number of hydrogen-bond acceptors (Lipinski definition) is 7. The van der Waals surface area contributed by atoms with Gasteiger partial charge >= 0.3 is 0 Å². The van der Waals surface area contributed by atoms with E-state index in [2.05, 4.69) is 40.4 Å². The fourth-order valence-electron chi connectivity index (χ4n) is 4.11. The van der Waals surface area contributed by atoms with Crippen LogP contribution < -0.4 is 5.32 Å². The van der Waals surface area contributed by atoms with Gasteiger partial charge in [-0.3, -0.25) is 19.9 Å². The van der Waals surface area contributed by atoms with Crippen LogP contribution in [0, 0.1) is 0 Å². The van der Waals surface area contributed by atoms with Gasteiger partial charge in [-0.25, -0.2) is 15.0 Å². The van der Waals surface area contributed by atoms with Gasteiger partial charge in [0.25, 0.3) is 0 Å². The molecular weight excluding hydrogens is 454 g/mol. The lowest BCUT2D eigenvalue weighted by atomic mass is 10.1. The number of pyridine rings is 4. The number of carbonyl (C=O) groups excluding carboxylic acids is 1. The number of H-pyrrole nitrogens is 2. The second-order valence-electron chi connectivity index (χ2n) is 8.31. The molecule has 176 valence electrons. The number of fused-ring (bicyclic) bond motifs is 2. The molecule has 0 atom stereocenters. The van der Waals surface area contributed by atoms with Crippen LogP contribution in [0.15, 0.2) is 67.4 Å². The van der Waals surface area contributed by atoms with Gasteiger partial charge in [0.2, 0.25) is 5.91 Å². The molecule has 6 aromatic rings. The standard InChI is InChI=1S/C26H21N9O/c1-2-5-21(36)31-17-10-15(12-27-14-17)16-11-19-23(34-35-24(19)30-13-16)26-32-22-18(7-9-29-25(22)33-26)20-6-3-4-8-28-20/h3-4,6-14H,2,5H2,1H3,(H,31,36)(H,29,32,33)(H,30,34,35). The highest BCUT2D eigenvalue weighted by Gasteiger charge is 2.17. The normalized spacial score (nSPS) is 11.2. The molecule has 0 aliphatic heterocycles. The third kappa shape index (κ3) is 3.94. The van der Waals surface area contributed by atoms with E-state index in [1.165, 1.54) is 0 Å². The lowest BCUT2D eigenvalue weighted by Crippen LogP contribution is -2.10. The Bertz CT molecular complexity index is 1710. The van der Waals surface area contributed by atoms with E-state index in [4.69, 9.17) is 4.98 Å². The van der Waals surface area contributed by atoms with E-state index in [1.807, 2.05) is 43.3 Å². The van der Waals surface area contributed by atoms with Crippen LogP contribution in [0.5, 0.6) is 0 Å². The highest BCUT2D eigenvalue weighted by atomic mass is 16.1. The fourth-order valence-corrected chi connectivity index (χ4v) is 4.11. The number of aromatic nitrogens is 8. The zero-order valence-corrected chi connectivity index (χ0v) is 19.4. The molecule has 0 saturated heterocycles. The Morgan fingerprint density at radius 1 is 0.972 bits per heavy atom. The molecule has 0 spiro atoms. The van der Waals surface area contributed by atoms with Crippen molar-refractivity contribution in [2.24, 2.45) is 0 Å². The summed E-state index contributed by atoms with van der Waals surface area (Å²) in [6.07, 6.45) is 9.85.